The fraction of sp³-hybridized carbons (Fsp3) is 0.700. The van der Waals surface area contributed by atoms with Crippen molar-refractivity contribution in [2.24, 2.45) is 0 Å². The van der Waals surface area contributed by atoms with Gasteiger partial charge in [-0.3, -0.25) is 0 Å². The van der Waals surface area contributed by atoms with Crippen molar-refractivity contribution in [2.75, 3.05) is 5.75 Å². The van der Waals surface area contributed by atoms with Gasteiger partial charge in [0.25, 0.3) is 0 Å². The number of sulfone groups is 1. The summed E-state index contributed by atoms with van der Waals surface area (Å²) in [6.45, 7) is 3.97. The van der Waals surface area contributed by atoms with Gasteiger partial charge in [-0.15, -0.1) is 0 Å². The first-order valence-corrected chi connectivity index (χ1v) is 11.1. The van der Waals surface area contributed by atoms with E-state index in [4.69, 9.17) is 0 Å². The molecule has 0 spiro atoms. The SMILES string of the molecule is CCCCCCCCCCCCc1ccccc1S(=O)(=O)CC. The second-order valence-electron chi connectivity index (χ2n) is 6.44. The predicted molar refractivity (Wildman–Crippen MR) is 99.7 cm³/mol. The van der Waals surface area contributed by atoms with Gasteiger partial charge >= 0.3 is 0 Å². The Hall–Kier alpha value is -0.830. The van der Waals surface area contributed by atoms with E-state index in [1.54, 1.807) is 13.0 Å². The molecule has 0 unspecified atom stereocenters. The number of rotatable bonds is 13. The van der Waals surface area contributed by atoms with Crippen LogP contribution in [0.3, 0.4) is 0 Å². The molecular formula is C20H34O2S. The summed E-state index contributed by atoms with van der Waals surface area (Å²) in [5, 5.41) is 0. The Morgan fingerprint density at radius 1 is 0.739 bits per heavy atom. The normalized spacial score (nSPS) is 11.7. The molecule has 0 aliphatic heterocycles. The highest BCUT2D eigenvalue weighted by molar-refractivity contribution is 7.91. The van der Waals surface area contributed by atoms with E-state index in [1.807, 2.05) is 18.2 Å². The van der Waals surface area contributed by atoms with E-state index in [2.05, 4.69) is 6.92 Å². The second-order valence-corrected chi connectivity index (χ2v) is 8.69. The molecule has 0 heterocycles. The van der Waals surface area contributed by atoms with E-state index >= 15 is 0 Å². The number of unbranched alkanes of at least 4 members (excludes halogenated alkanes) is 9. The van der Waals surface area contributed by atoms with E-state index < -0.39 is 9.84 Å². The van der Waals surface area contributed by atoms with Gasteiger partial charge in [0.05, 0.1) is 10.6 Å². The smallest absolute Gasteiger partial charge is 0.178 e. The third kappa shape index (κ3) is 8.01. The first kappa shape index (κ1) is 20.2. The Morgan fingerprint density at radius 3 is 1.83 bits per heavy atom. The molecule has 2 nitrogen and oxygen atoms in total. The monoisotopic (exact) mass is 338 g/mol. The molecule has 3 heteroatoms. The topological polar surface area (TPSA) is 34.1 Å². The van der Waals surface area contributed by atoms with E-state index in [9.17, 15) is 8.42 Å². The molecule has 23 heavy (non-hydrogen) atoms. The fourth-order valence-electron chi connectivity index (χ4n) is 2.97. The van der Waals surface area contributed by atoms with E-state index in [-0.39, 0.29) is 5.75 Å². The maximum absolute atomic E-state index is 12.1. The Labute approximate surface area is 143 Å². The number of hydrogen-bond donors (Lipinski definition) is 0. The summed E-state index contributed by atoms with van der Waals surface area (Å²) < 4.78 is 24.2. The quantitative estimate of drug-likeness (QED) is 0.417. The zero-order valence-corrected chi connectivity index (χ0v) is 15.8. The summed E-state index contributed by atoms with van der Waals surface area (Å²) in [6, 6.07) is 7.49. The first-order chi connectivity index (χ1) is 11.1. The summed E-state index contributed by atoms with van der Waals surface area (Å²) in [5.74, 6) is 0.183. The zero-order valence-electron chi connectivity index (χ0n) is 15.0. The van der Waals surface area contributed by atoms with E-state index in [0.29, 0.717) is 4.90 Å². The Bertz CT molecular complexity index is 520. The lowest BCUT2D eigenvalue weighted by Gasteiger charge is -2.09. The van der Waals surface area contributed by atoms with Gasteiger partial charge in [0.2, 0.25) is 0 Å². The minimum absolute atomic E-state index is 0.183. The first-order valence-electron chi connectivity index (χ1n) is 9.42. The van der Waals surface area contributed by atoms with Crippen LogP contribution in [0, 0.1) is 0 Å². The molecule has 132 valence electrons. The lowest BCUT2D eigenvalue weighted by molar-refractivity contribution is 0.555. The fourth-order valence-corrected chi connectivity index (χ4v) is 4.14. The molecule has 1 aromatic rings. The molecule has 0 fully saturated rings. The molecule has 0 saturated heterocycles. The number of aryl methyl sites for hydroxylation is 1. The third-order valence-electron chi connectivity index (χ3n) is 4.49. The summed E-state index contributed by atoms with van der Waals surface area (Å²) in [5.41, 5.74) is 0.994. The highest BCUT2D eigenvalue weighted by Gasteiger charge is 2.15. The summed E-state index contributed by atoms with van der Waals surface area (Å²) >= 11 is 0. The molecule has 0 aliphatic rings. The van der Waals surface area contributed by atoms with Gasteiger partial charge in [-0.2, -0.15) is 0 Å². The van der Waals surface area contributed by atoms with Crippen molar-refractivity contribution in [2.45, 2.75) is 89.4 Å². The van der Waals surface area contributed by atoms with Gasteiger partial charge < -0.3 is 0 Å². The van der Waals surface area contributed by atoms with Crippen LogP contribution in [0.15, 0.2) is 29.2 Å². The van der Waals surface area contributed by atoms with Crippen LogP contribution in [0.25, 0.3) is 0 Å². The number of hydrogen-bond acceptors (Lipinski definition) is 2. The summed E-state index contributed by atoms with van der Waals surface area (Å²) in [4.78, 5) is 0.540. The Balaban J connectivity index is 2.22. The van der Waals surface area contributed by atoms with Gasteiger partial charge in [0, 0.05) is 0 Å². The largest absolute Gasteiger partial charge is 0.224 e. The molecule has 0 saturated carbocycles. The van der Waals surface area contributed by atoms with Crippen molar-refractivity contribution in [3.63, 3.8) is 0 Å². The molecule has 1 rings (SSSR count). The molecule has 0 N–H and O–H groups in total. The van der Waals surface area contributed by atoms with Gasteiger partial charge in [0.15, 0.2) is 9.84 Å². The van der Waals surface area contributed by atoms with Crippen LogP contribution in [0.5, 0.6) is 0 Å². The predicted octanol–water partition coefficient (Wildman–Crippen LogP) is 5.94. The van der Waals surface area contributed by atoms with Crippen molar-refractivity contribution >= 4 is 9.84 Å². The van der Waals surface area contributed by atoms with Crippen LogP contribution in [0.1, 0.15) is 83.6 Å². The molecular weight excluding hydrogens is 304 g/mol. The van der Waals surface area contributed by atoms with Crippen LogP contribution in [0.4, 0.5) is 0 Å². The zero-order chi connectivity index (χ0) is 17.0. The van der Waals surface area contributed by atoms with Crippen molar-refractivity contribution in [3.8, 4) is 0 Å². The van der Waals surface area contributed by atoms with Crippen LogP contribution in [0.2, 0.25) is 0 Å². The molecule has 0 radical (unpaired) electrons. The molecule has 0 amide bonds. The van der Waals surface area contributed by atoms with E-state index in [1.165, 1.54) is 57.8 Å². The van der Waals surface area contributed by atoms with Gasteiger partial charge in [-0.1, -0.05) is 89.8 Å². The average Bonchev–Trinajstić information content (AvgIpc) is 2.57. The van der Waals surface area contributed by atoms with Crippen molar-refractivity contribution in [1.29, 1.82) is 0 Å². The Morgan fingerprint density at radius 2 is 1.26 bits per heavy atom. The standard InChI is InChI=1S/C20H34O2S/c1-3-5-6-7-8-9-10-11-12-13-16-19-17-14-15-18-20(19)23(21,22)4-2/h14-15,17-18H,3-13,16H2,1-2H3. The minimum atomic E-state index is -3.09. The highest BCUT2D eigenvalue weighted by Crippen LogP contribution is 2.20. The maximum Gasteiger partial charge on any atom is 0.178 e. The molecule has 0 atom stereocenters. The third-order valence-corrected chi connectivity index (χ3v) is 6.32. The van der Waals surface area contributed by atoms with Gasteiger partial charge in [-0.25, -0.2) is 8.42 Å². The van der Waals surface area contributed by atoms with Crippen molar-refractivity contribution in [3.05, 3.63) is 29.8 Å². The minimum Gasteiger partial charge on any atom is -0.224 e. The van der Waals surface area contributed by atoms with Crippen molar-refractivity contribution in [1.82, 2.24) is 0 Å². The summed E-state index contributed by atoms with van der Waals surface area (Å²) in [6.07, 6.45) is 14.0. The van der Waals surface area contributed by atoms with Gasteiger partial charge in [0.1, 0.15) is 0 Å². The lowest BCUT2D eigenvalue weighted by Crippen LogP contribution is -2.07. The number of benzene rings is 1. The van der Waals surface area contributed by atoms with Crippen LogP contribution < -0.4 is 0 Å². The lowest BCUT2D eigenvalue weighted by atomic mass is 10.0. The summed E-state index contributed by atoms with van der Waals surface area (Å²) in [7, 11) is -3.09. The molecule has 1 aromatic carbocycles. The average molecular weight is 339 g/mol. The van der Waals surface area contributed by atoms with Crippen molar-refractivity contribution < 1.29 is 8.42 Å². The molecule has 0 bridgehead atoms. The van der Waals surface area contributed by atoms with Crippen LogP contribution in [-0.4, -0.2) is 14.2 Å². The Kier molecular flexibility index (Phi) is 10.3. The van der Waals surface area contributed by atoms with Crippen LogP contribution in [-0.2, 0) is 16.3 Å². The molecule has 0 aliphatic carbocycles. The van der Waals surface area contributed by atoms with Crippen LogP contribution >= 0.6 is 0 Å². The second kappa shape index (κ2) is 11.7. The van der Waals surface area contributed by atoms with Gasteiger partial charge in [-0.05, 0) is 24.5 Å². The highest BCUT2D eigenvalue weighted by atomic mass is 32.2. The maximum atomic E-state index is 12.1. The van der Waals surface area contributed by atoms with E-state index in [0.717, 1.165) is 18.4 Å². The molecule has 0 aromatic heterocycles.